The van der Waals surface area contributed by atoms with Gasteiger partial charge in [-0.3, -0.25) is 25.2 Å². The average molecular weight is 377 g/mol. The monoisotopic (exact) mass is 377 g/mol. The molecular weight excluding hydrogens is 354 g/mol. The third-order valence-corrected chi connectivity index (χ3v) is 6.33. The Kier molecular flexibility index (Phi) is 5.13. The zero-order valence-corrected chi connectivity index (χ0v) is 15.9. The standard InChI is InChI=1S/C18H23N3O4S/c1-11-5-4-6-12(2)16(11)25-9-14(22)19-20-17(24)13-10-26-18(3)8-7-15(23)21(13)18/h4-6,13H,7-10H2,1-3H3,(H,19,22)(H,20,24). The van der Waals surface area contributed by atoms with Gasteiger partial charge in [0.25, 0.3) is 11.8 Å². The predicted molar refractivity (Wildman–Crippen MR) is 98.4 cm³/mol. The number of hydrazine groups is 1. The van der Waals surface area contributed by atoms with E-state index < -0.39 is 11.9 Å². The van der Waals surface area contributed by atoms with Gasteiger partial charge in [0.05, 0.1) is 4.87 Å². The van der Waals surface area contributed by atoms with Gasteiger partial charge in [0.15, 0.2) is 6.61 Å². The van der Waals surface area contributed by atoms with Crippen LogP contribution in [-0.2, 0) is 14.4 Å². The molecule has 0 bridgehead atoms. The molecule has 26 heavy (non-hydrogen) atoms. The minimum Gasteiger partial charge on any atom is -0.483 e. The molecular formula is C18H23N3O4S. The van der Waals surface area contributed by atoms with E-state index in [1.165, 1.54) is 0 Å². The van der Waals surface area contributed by atoms with Crippen molar-refractivity contribution >= 4 is 29.5 Å². The molecule has 2 atom stereocenters. The summed E-state index contributed by atoms with van der Waals surface area (Å²) in [5, 5.41) is 0. The lowest BCUT2D eigenvalue weighted by Gasteiger charge is -2.29. The van der Waals surface area contributed by atoms with E-state index in [-0.39, 0.29) is 23.3 Å². The fourth-order valence-electron chi connectivity index (χ4n) is 3.43. The van der Waals surface area contributed by atoms with Gasteiger partial charge >= 0.3 is 0 Å². The minimum atomic E-state index is -0.556. The topological polar surface area (TPSA) is 87.7 Å². The second kappa shape index (κ2) is 7.19. The Labute approximate surface area is 156 Å². The lowest BCUT2D eigenvalue weighted by molar-refractivity contribution is -0.139. The molecule has 0 aliphatic carbocycles. The number of thioether (sulfide) groups is 1. The number of para-hydroxylation sites is 1. The van der Waals surface area contributed by atoms with Gasteiger partial charge in [-0.2, -0.15) is 0 Å². The first-order chi connectivity index (χ1) is 12.3. The molecule has 2 aliphatic heterocycles. The van der Waals surface area contributed by atoms with Crippen LogP contribution >= 0.6 is 11.8 Å². The van der Waals surface area contributed by atoms with Crippen LogP contribution in [0.3, 0.4) is 0 Å². The van der Waals surface area contributed by atoms with Crippen molar-refractivity contribution in [3.8, 4) is 5.75 Å². The first kappa shape index (κ1) is 18.6. The van der Waals surface area contributed by atoms with Crippen molar-refractivity contribution in [1.29, 1.82) is 0 Å². The van der Waals surface area contributed by atoms with E-state index >= 15 is 0 Å². The Balaban J connectivity index is 1.50. The highest BCUT2D eigenvalue weighted by Gasteiger charge is 2.52. The van der Waals surface area contributed by atoms with Crippen LogP contribution in [0.4, 0.5) is 0 Å². The van der Waals surface area contributed by atoms with Crippen molar-refractivity contribution in [2.75, 3.05) is 12.4 Å². The maximum Gasteiger partial charge on any atom is 0.276 e. The number of benzene rings is 1. The van der Waals surface area contributed by atoms with E-state index in [1.54, 1.807) is 16.7 Å². The zero-order valence-electron chi connectivity index (χ0n) is 15.1. The molecule has 140 valence electrons. The van der Waals surface area contributed by atoms with E-state index in [1.807, 2.05) is 39.0 Å². The summed E-state index contributed by atoms with van der Waals surface area (Å²) in [6.45, 7) is 5.59. The Morgan fingerprint density at radius 3 is 2.69 bits per heavy atom. The van der Waals surface area contributed by atoms with Gasteiger partial charge < -0.3 is 9.64 Å². The maximum absolute atomic E-state index is 12.4. The van der Waals surface area contributed by atoms with Crippen LogP contribution in [0.1, 0.15) is 30.9 Å². The highest BCUT2D eigenvalue weighted by atomic mass is 32.2. The number of hydrogen-bond acceptors (Lipinski definition) is 5. The molecule has 0 aromatic heterocycles. The van der Waals surface area contributed by atoms with Gasteiger partial charge in [-0.15, -0.1) is 11.8 Å². The van der Waals surface area contributed by atoms with E-state index in [2.05, 4.69) is 10.9 Å². The first-order valence-corrected chi connectivity index (χ1v) is 9.54. The van der Waals surface area contributed by atoms with Crippen LogP contribution < -0.4 is 15.6 Å². The maximum atomic E-state index is 12.4. The van der Waals surface area contributed by atoms with Gasteiger partial charge in [-0.05, 0) is 38.3 Å². The number of amides is 3. The van der Waals surface area contributed by atoms with Crippen LogP contribution in [-0.4, -0.2) is 45.9 Å². The second-order valence-electron chi connectivity index (χ2n) is 6.81. The van der Waals surface area contributed by atoms with Crippen LogP contribution in [0.15, 0.2) is 18.2 Å². The molecule has 2 heterocycles. The summed E-state index contributed by atoms with van der Waals surface area (Å²) in [5.41, 5.74) is 6.66. The molecule has 2 unspecified atom stereocenters. The summed E-state index contributed by atoms with van der Waals surface area (Å²) in [5.74, 6) is 0.351. The first-order valence-electron chi connectivity index (χ1n) is 8.55. The molecule has 7 nitrogen and oxygen atoms in total. The Morgan fingerprint density at radius 2 is 2.00 bits per heavy atom. The molecule has 0 saturated carbocycles. The molecule has 2 aliphatic rings. The van der Waals surface area contributed by atoms with Gasteiger partial charge in [-0.1, -0.05) is 18.2 Å². The summed E-state index contributed by atoms with van der Waals surface area (Å²) in [6.07, 6.45) is 1.21. The second-order valence-corrected chi connectivity index (χ2v) is 8.31. The van der Waals surface area contributed by atoms with E-state index in [0.717, 1.165) is 17.5 Å². The van der Waals surface area contributed by atoms with E-state index in [4.69, 9.17) is 4.74 Å². The highest BCUT2D eigenvalue weighted by Crippen LogP contribution is 2.47. The summed E-state index contributed by atoms with van der Waals surface area (Å²) < 4.78 is 5.56. The van der Waals surface area contributed by atoms with Crippen molar-refractivity contribution in [3.63, 3.8) is 0 Å². The molecule has 3 amide bonds. The Hall–Kier alpha value is -2.22. The molecule has 2 saturated heterocycles. The van der Waals surface area contributed by atoms with Crippen molar-refractivity contribution in [2.24, 2.45) is 0 Å². The molecule has 1 aromatic carbocycles. The van der Waals surface area contributed by atoms with Crippen molar-refractivity contribution < 1.29 is 19.1 Å². The molecule has 2 N–H and O–H groups in total. The number of ether oxygens (including phenoxy) is 1. The fraction of sp³-hybridized carbons (Fsp3) is 0.500. The van der Waals surface area contributed by atoms with Crippen LogP contribution in [0.2, 0.25) is 0 Å². The number of nitrogens with zero attached hydrogens (tertiary/aromatic N) is 1. The number of carbonyl (C=O) groups excluding carboxylic acids is 3. The normalized spacial score (nSPS) is 24.3. The van der Waals surface area contributed by atoms with Crippen molar-refractivity contribution in [1.82, 2.24) is 15.8 Å². The summed E-state index contributed by atoms with van der Waals surface area (Å²) in [4.78, 5) is 37.8. The highest BCUT2D eigenvalue weighted by molar-refractivity contribution is 8.01. The number of aryl methyl sites for hydroxylation is 2. The van der Waals surface area contributed by atoms with Crippen LogP contribution in [0, 0.1) is 13.8 Å². The van der Waals surface area contributed by atoms with Crippen molar-refractivity contribution in [3.05, 3.63) is 29.3 Å². The van der Waals surface area contributed by atoms with Gasteiger partial charge in [0.2, 0.25) is 5.91 Å². The molecule has 2 fully saturated rings. The van der Waals surface area contributed by atoms with E-state index in [9.17, 15) is 14.4 Å². The lowest BCUT2D eigenvalue weighted by Crippen LogP contribution is -2.54. The van der Waals surface area contributed by atoms with E-state index in [0.29, 0.717) is 17.9 Å². The fourth-order valence-corrected chi connectivity index (χ4v) is 4.86. The largest absolute Gasteiger partial charge is 0.483 e. The summed E-state index contributed by atoms with van der Waals surface area (Å²) >= 11 is 1.61. The van der Waals surface area contributed by atoms with Gasteiger partial charge in [0.1, 0.15) is 11.8 Å². The van der Waals surface area contributed by atoms with Gasteiger partial charge in [-0.25, -0.2) is 0 Å². The number of hydrogen-bond donors (Lipinski definition) is 2. The third kappa shape index (κ3) is 3.51. The molecule has 0 spiro atoms. The molecule has 3 rings (SSSR count). The minimum absolute atomic E-state index is 0.0117. The quantitative estimate of drug-likeness (QED) is 0.772. The summed E-state index contributed by atoms with van der Waals surface area (Å²) in [6, 6.07) is 5.18. The Morgan fingerprint density at radius 1 is 1.31 bits per heavy atom. The third-order valence-electron chi connectivity index (χ3n) is 4.83. The smallest absolute Gasteiger partial charge is 0.276 e. The number of fused-ring (bicyclic) bond motifs is 1. The van der Waals surface area contributed by atoms with Crippen LogP contribution in [0.5, 0.6) is 5.75 Å². The molecule has 0 radical (unpaired) electrons. The molecule has 1 aromatic rings. The number of carbonyl (C=O) groups is 3. The van der Waals surface area contributed by atoms with Gasteiger partial charge in [0, 0.05) is 12.2 Å². The average Bonchev–Trinajstić information content (AvgIpc) is 3.08. The van der Waals surface area contributed by atoms with Crippen molar-refractivity contribution in [2.45, 2.75) is 44.5 Å². The lowest BCUT2D eigenvalue weighted by atomic mass is 10.1. The number of nitrogens with one attached hydrogen (secondary N) is 2. The molecule has 8 heteroatoms. The van der Waals surface area contributed by atoms with Crippen LogP contribution in [0.25, 0.3) is 0 Å². The summed E-state index contributed by atoms with van der Waals surface area (Å²) in [7, 11) is 0. The Bertz CT molecular complexity index is 734. The number of rotatable bonds is 4. The zero-order chi connectivity index (χ0) is 18.9. The SMILES string of the molecule is Cc1cccc(C)c1OCC(=O)NNC(=O)C1CSC2(C)CCC(=O)N12. The predicted octanol–water partition coefficient (Wildman–Crippen LogP) is 1.28.